The van der Waals surface area contributed by atoms with Crippen LogP contribution in [-0.4, -0.2) is 34.2 Å². The number of aliphatic carboxylic acids is 2. The number of carbonyl (C=O) groups excluding carboxylic acids is 1. The van der Waals surface area contributed by atoms with Crippen LogP contribution in [0, 0.1) is 11.6 Å². The van der Waals surface area contributed by atoms with E-state index in [-0.39, 0.29) is 5.69 Å². The van der Waals surface area contributed by atoms with E-state index in [9.17, 15) is 23.2 Å². The van der Waals surface area contributed by atoms with Crippen molar-refractivity contribution in [2.24, 2.45) is 0 Å². The third-order valence-electron chi connectivity index (χ3n) is 2.16. The molecule has 1 aromatic carbocycles. The summed E-state index contributed by atoms with van der Waals surface area (Å²) < 4.78 is 25.5. The molecule has 0 aliphatic rings. The van der Waals surface area contributed by atoms with Crippen molar-refractivity contribution in [1.82, 2.24) is 5.32 Å². The Kier molecular flexibility index (Phi) is 4.95. The lowest BCUT2D eigenvalue weighted by molar-refractivity contribution is -0.145. The molecule has 0 aliphatic heterocycles. The zero-order valence-electron chi connectivity index (χ0n) is 9.89. The van der Waals surface area contributed by atoms with Gasteiger partial charge in [0, 0.05) is 11.8 Å². The highest BCUT2D eigenvalue weighted by molar-refractivity contribution is 5.93. The summed E-state index contributed by atoms with van der Waals surface area (Å²) >= 11 is 0. The van der Waals surface area contributed by atoms with E-state index in [1.165, 1.54) is 0 Å². The van der Waals surface area contributed by atoms with Gasteiger partial charge < -0.3 is 20.8 Å². The lowest BCUT2D eigenvalue weighted by atomic mass is 10.2. The zero-order valence-corrected chi connectivity index (χ0v) is 9.89. The van der Waals surface area contributed by atoms with E-state index < -0.39 is 42.1 Å². The fourth-order valence-electron chi connectivity index (χ4n) is 1.27. The minimum atomic E-state index is -1.64. The molecule has 1 rings (SSSR count). The molecule has 0 saturated heterocycles. The Balaban J connectivity index is 2.67. The molecule has 108 valence electrons. The molecular formula is C11H10F2N2O5. The smallest absolute Gasteiger partial charge is 0.326 e. The number of hydrogen-bond donors (Lipinski definition) is 4. The molecule has 0 aromatic heterocycles. The molecule has 2 amide bonds. The van der Waals surface area contributed by atoms with Crippen molar-refractivity contribution in [3.8, 4) is 0 Å². The van der Waals surface area contributed by atoms with Gasteiger partial charge >= 0.3 is 18.0 Å². The third-order valence-corrected chi connectivity index (χ3v) is 2.16. The maximum atomic E-state index is 12.9. The number of halogens is 2. The largest absolute Gasteiger partial charge is 0.481 e. The molecule has 0 unspecified atom stereocenters. The van der Waals surface area contributed by atoms with E-state index in [1.807, 2.05) is 5.32 Å². The van der Waals surface area contributed by atoms with Crippen LogP contribution in [0.25, 0.3) is 0 Å². The van der Waals surface area contributed by atoms with Gasteiger partial charge in [-0.25, -0.2) is 18.4 Å². The monoisotopic (exact) mass is 288 g/mol. The van der Waals surface area contributed by atoms with Crippen LogP contribution in [0.2, 0.25) is 0 Å². The molecule has 0 saturated carbocycles. The number of carboxylic acid groups (broad SMARTS) is 2. The number of nitrogens with one attached hydrogen (secondary N) is 2. The van der Waals surface area contributed by atoms with Crippen molar-refractivity contribution in [2.75, 3.05) is 5.32 Å². The van der Waals surface area contributed by atoms with Gasteiger partial charge in [-0.1, -0.05) is 0 Å². The Hall–Kier alpha value is -2.71. The number of carbonyl (C=O) groups is 3. The number of hydrogen-bond acceptors (Lipinski definition) is 3. The maximum Gasteiger partial charge on any atom is 0.326 e. The van der Waals surface area contributed by atoms with Crippen molar-refractivity contribution < 1.29 is 33.4 Å². The number of carboxylic acids is 2. The second-order valence-corrected chi connectivity index (χ2v) is 3.72. The molecule has 0 aliphatic carbocycles. The van der Waals surface area contributed by atoms with Gasteiger partial charge in [0.25, 0.3) is 0 Å². The molecule has 1 atom stereocenters. The zero-order chi connectivity index (χ0) is 15.3. The lowest BCUT2D eigenvalue weighted by Gasteiger charge is -2.13. The van der Waals surface area contributed by atoms with Crippen LogP contribution in [0.3, 0.4) is 0 Å². The van der Waals surface area contributed by atoms with Gasteiger partial charge in [-0.3, -0.25) is 4.79 Å². The van der Waals surface area contributed by atoms with E-state index >= 15 is 0 Å². The molecule has 0 heterocycles. The van der Waals surface area contributed by atoms with Crippen molar-refractivity contribution >= 4 is 23.7 Å². The van der Waals surface area contributed by atoms with E-state index in [0.29, 0.717) is 6.07 Å². The van der Waals surface area contributed by atoms with Gasteiger partial charge in [-0.2, -0.15) is 0 Å². The van der Waals surface area contributed by atoms with E-state index in [4.69, 9.17) is 10.2 Å². The second-order valence-electron chi connectivity index (χ2n) is 3.72. The fraction of sp³-hybridized carbons (Fsp3) is 0.182. The number of benzene rings is 1. The first kappa shape index (κ1) is 15.3. The molecule has 0 fully saturated rings. The van der Waals surface area contributed by atoms with Crippen molar-refractivity contribution in [3.63, 3.8) is 0 Å². The summed E-state index contributed by atoms with van der Waals surface area (Å²) in [5.41, 5.74) is -0.110. The summed E-state index contributed by atoms with van der Waals surface area (Å²) in [6.07, 6.45) is -0.819. The van der Waals surface area contributed by atoms with Crippen LogP contribution in [0.1, 0.15) is 6.42 Å². The molecule has 0 spiro atoms. The number of urea groups is 1. The van der Waals surface area contributed by atoms with Gasteiger partial charge in [0.05, 0.1) is 6.42 Å². The van der Waals surface area contributed by atoms with E-state index in [1.54, 1.807) is 0 Å². The molecule has 7 nitrogen and oxygen atoms in total. The summed E-state index contributed by atoms with van der Waals surface area (Å²) in [6.45, 7) is 0. The van der Waals surface area contributed by atoms with Crippen LogP contribution < -0.4 is 10.6 Å². The summed E-state index contributed by atoms with van der Waals surface area (Å²) in [5.74, 6) is -5.24. The first-order valence-corrected chi connectivity index (χ1v) is 5.26. The maximum absolute atomic E-state index is 12.9. The number of rotatable bonds is 5. The fourth-order valence-corrected chi connectivity index (χ4v) is 1.27. The molecule has 4 N–H and O–H groups in total. The number of amides is 2. The molecule has 0 bridgehead atoms. The minimum Gasteiger partial charge on any atom is -0.481 e. The van der Waals surface area contributed by atoms with E-state index in [2.05, 4.69) is 5.32 Å². The van der Waals surface area contributed by atoms with Gasteiger partial charge in [-0.15, -0.1) is 0 Å². The molecule has 9 heteroatoms. The summed E-state index contributed by atoms with van der Waals surface area (Å²) in [7, 11) is 0. The Morgan fingerprint density at radius 2 is 1.80 bits per heavy atom. The predicted octanol–water partition coefficient (Wildman–Crippen LogP) is 1.01. The van der Waals surface area contributed by atoms with Gasteiger partial charge in [0.1, 0.15) is 6.04 Å². The lowest BCUT2D eigenvalue weighted by Crippen LogP contribution is -2.44. The normalized spacial score (nSPS) is 11.5. The minimum absolute atomic E-state index is 0.110. The Labute approximate surface area is 111 Å². The van der Waals surface area contributed by atoms with Crippen molar-refractivity contribution in [1.29, 1.82) is 0 Å². The predicted molar refractivity (Wildman–Crippen MR) is 62.2 cm³/mol. The van der Waals surface area contributed by atoms with Gasteiger partial charge in [0.2, 0.25) is 0 Å². The highest BCUT2D eigenvalue weighted by Crippen LogP contribution is 2.12. The molecule has 0 radical (unpaired) electrons. The highest BCUT2D eigenvalue weighted by Gasteiger charge is 2.23. The average molecular weight is 288 g/mol. The first-order chi connectivity index (χ1) is 9.29. The highest BCUT2D eigenvalue weighted by atomic mass is 19.2. The molecule has 20 heavy (non-hydrogen) atoms. The summed E-state index contributed by atoms with van der Waals surface area (Å²) in [6, 6.07) is -0.161. The standard InChI is InChI=1S/C11H10F2N2O5/c12-6-2-1-5(3-7(6)13)14-11(20)15-8(10(18)19)4-9(16)17/h1-3,8H,4H2,(H,16,17)(H,18,19)(H2,14,15,20)/t8-/m0/s1. The van der Waals surface area contributed by atoms with Crippen molar-refractivity contribution in [2.45, 2.75) is 12.5 Å². The Morgan fingerprint density at radius 1 is 1.15 bits per heavy atom. The Bertz CT molecular complexity index is 550. The van der Waals surface area contributed by atoms with Crippen LogP contribution in [0.15, 0.2) is 18.2 Å². The third kappa shape index (κ3) is 4.52. The average Bonchev–Trinajstić information content (AvgIpc) is 2.32. The van der Waals surface area contributed by atoms with E-state index in [0.717, 1.165) is 12.1 Å². The molecular weight excluding hydrogens is 278 g/mol. The summed E-state index contributed by atoms with van der Waals surface area (Å²) in [4.78, 5) is 32.5. The Morgan fingerprint density at radius 3 is 2.30 bits per heavy atom. The first-order valence-electron chi connectivity index (χ1n) is 5.26. The topological polar surface area (TPSA) is 116 Å². The van der Waals surface area contributed by atoms with Crippen LogP contribution in [-0.2, 0) is 9.59 Å². The van der Waals surface area contributed by atoms with Gasteiger partial charge in [0.15, 0.2) is 11.6 Å². The SMILES string of the molecule is O=C(O)C[C@H](NC(=O)Nc1ccc(F)c(F)c1)C(=O)O. The molecule has 1 aromatic rings. The van der Waals surface area contributed by atoms with Crippen LogP contribution in [0.4, 0.5) is 19.3 Å². The second kappa shape index (κ2) is 6.45. The van der Waals surface area contributed by atoms with Crippen LogP contribution >= 0.6 is 0 Å². The van der Waals surface area contributed by atoms with Crippen LogP contribution in [0.5, 0.6) is 0 Å². The van der Waals surface area contributed by atoms with Crippen molar-refractivity contribution in [3.05, 3.63) is 29.8 Å². The summed E-state index contributed by atoms with van der Waals surface area (Å²) in [5, 5.41) is 21.1. The van der Waals surface area contributed by atoms with Gasteiger partial charge in [-0.05, 0) is 12.1 Å². The quantitative estimate of drug-likeness (QED) is 0.645. The number of anilines is 1.